The number of nitrogens with one attached hydrogen (secondary N) is 1. The normalized spacial score (nSPS) is 10.8. The molecule has 0 saturated carbocycles. The third-order valence-corrected chi connectivity index (χ3v) is 4.61. The first kappa shape index (κ1) is 19.8. The van der Waals surface area contributed by atoms with Gasteiger partial charge in [-0.25, -0.2) is 18.2 Å². The van der Waals surface area contributed by atoms with E-state index in [9.17, 15) is 13.2 Å². The number of halogens is 4. The van der Waals surface area contributed by atoms with Crippen LogP contribution in [0, 0.1) is 24.4 Å². The van der Waals surface area contributed by atoms with Crippen molar-refractivity contribution in [2.75, 3.05) is 11.1 Å². The fourth-order valence-corrected chi connectivity index (χ4v) is 3.10. The Morgan fingerprint density at radius 1 is 1.11 bits per heavy atom. The van der Waals surface area contributed by atoms with Gasteiger partial charge in [-0.15, -0.1) is 0 Å². The highest BCUT2D eigenvalue weighted by molar-refractivity contribution is 6.33. The summed E-state index contributed by atoms with van der Waals surface area (Å²) in [6.45, 7) is 5.52. The predicted octanol–water partition coefficient (Wildman–Crippen LogP) is 6.02. The maximum atomic E-state index is 14.8. The van der Waals surface area contributed by atoms with Crippen LogP contribution in [0.15, 0.2) is 43.1 Å². The molecule has 0 unspecified atom stereocenters. The zero-order valence-electron chi connectivity index (χ0n) is 15.0. The Bertz CT molecular complexity index is 1070. The Hall–Kier alpha value is -2.99. The fourth-order valence-electron chi connectivity index (χ4n) is 2.82. The van der Waals surface area contributed by atoms with Crippen LogP contribution >= 0.6 is 11.6 Å². The van der Waals surface area contributed by atoms with Crippen molar-refractivity contribution in [3.63, 3.8) is 0 Å². The lowest BCUT2D eigenvalue weighted by molar-refractivity contribution is 0.502. The highest BCUT2D eigenvalue weighted by Gasteiger charge is 2.20. The molecular formula is C21H17ClF3N3. The summed E-state index contributed by atoms with van der Waals surface area (Å²) in [6, 6.07) is 7.95. The van der Waals surface area contributed by atoms with Gasteiger partial charge >= 0.3 is 0 Å². The van der Waals surface area contributed by atoms with Crippen molar-refractivity contribution in [3.8, 4) is 0 Å². The molecule has 0 fully saturated rings. The monoisotopic (exact) mass is 403 g/mol. The minimum Gasteiger partial charge on any atom is -0.381 e. The third-order valence-electron chi connectivity index (χ3n) is 4.29. The lowest BCUT2D eigenvalue weighted by Gasteiger charge is -2.16. The molecule has 2 aromatic carbocycles. The van der Waals surface area contributed by atoms with E-state index in [4.69, 9.17) is 17.3 Å². The van der Waals surface area contributed by atoms with E-state index in [1.54, 1.807) is 18.2 Å². The SMILES string of the molecule is C=Cc1cc(Cc2ccnc(N)c2F)c(F)c(F)c1Nc1ccc(C)cc1Cl. The van der Waals surface area contributed by atoms with Crippen LogP contribution in [0.1, 0.15) is 22.3 Å². The van der Waals surface area contributed by atoms with Crippen LogP contribution in [0.2, 0.25) is 5.02 Å². The number of aryl methyl sites for hydroxylation is 1. The first-order valence-corrected chi connectivity index (χ1v) is 8.75. The van der Waals surface area contributed by atoms with Crippen LogP contribution in [0.5, 0.6) is 0 Å². The minimum absolute atomic E-state index is 0.0301. The molecule has 0 aliphatic heterocycles. The second-order valence-corrected chi connectivity index (χ2v) is 6.69. The highest BCUT2D eigenvalue weighted by atomic mass is 35.5. The van der Waals surface area contributed by atoms with E-state index in [2.05, 4.69) is 16.9 Å². The van der Waals surface area contributed by atoms with Crippen LogP contribution in [-0.4, -0.2) is 4.98 Å². The number of hydrogen-bond donors (Lipinski definition) is 2. The molecule has 3 aromatic rings. The average molecular weight is 404 g/mol. The summed E-state index contributed by atoms with van der Waals surface area (Å²) >= 11 is 6.17. The highest BCUT2D eigenvalue weighted by Crippen LogP contribution is 2.33. The smallest absolute Gasteiger partial charge is 0.183 e. The molecule has 3 N–H and O–H groups in total. The lowest BCUT2D eigenvalue weighted by Crippen LogP contribution is -2.06. The average Bonchev–Trinajstić information content (AvgIpc) is 2.66. The zero-order chi connectivity index (χ0) is 20.4. The van der Waals surface area contributed by atoms with Crippen molar-refractivity contribution in [2.24, 2.45) is 0 Å². The molecule has 3 nitrogen and oxygen atoms in total. The van der Waals surface area contributed by atoms with Crippen LogP contribution in [0.25, 0.3) is 6.08 Å². The van der Waals surface area contributed by atoms with E-state index < -0.39 is 17.5 Å². The van der Waals surface area contributed by atoms with Crippen LogP contribution in [-0.2, 0) is 6.42 Å². The molecule has 0 saturated heterocycles. The zero-order valence-corrected chi connectivity index (χ0v) is 15.7. The van der Waals surface area contributed by atoms with Crippen molar-refractivity contribution in [1.82, 2.24) is 4.98 Å². The maximum Gasteiger partial charge on any atom is 0.183 e. The summed E-state index contributed by atoms with van der Waals surface area (Å²) in [5.74, 6) is -3.25. The number of aromatic nitrogens is 1. The van der Waals surface area contributed by atoms with Gasteiger partial charge in [0.05, 0.1) is 16.4 Å². The molecule has 1 aromatic heterocycles. The molecule has 0 radical (unpaired) electrons. The number of benzene rings is 2. The van der Waals surface area contributed by atoms with Gasteiger partial charge < -0.3 is 11.1 Å². The van der Waals surface area contributed by atoms with Gasteiger partial charge in [-0.3, -0.25) is 0 Å². The van der Waals surface area contributed by atoms with Gasteiger partial charge in [-0.2, -0.15) is 0 Å². The molecule has 0 spiro atoms. The first-order valence-electron chi connectivity index (χ1n) is 8.37. The van der Waals surface area contributed by atoms with Gasteiger partial charge in [0, 0.05) is 18.2 Å². The van der Waals surface area contributed by atoms with Crippen molar-refractivity contribution in [1.29, 1.82) is 0 Å². The molecule has 1 heterocycles. The minimum atomic E-state index is -1.11. The standard InChI is InChI=1S/C21H17ClF3N3/c1-3-12-9-14(10-13-6-7-27-21(26)18(13)24)17(23)19(25)20(12)28-16-5-4-11(2)8-15(16)22/h3-9,28H,1,10H2,2H3,(H2,26,27). The Morgan fingerprint density at radius 3 is 2.54 bits per heavy atom. The second-order valence-electron chi connectivity index (χ2n) is 6.29. The Balaban J connectivity index is 2.03. The lowest BCUT2D eigenvalue weighted by atomic mass is 10.00. The number of nitrogens with two attached hydrogens (primary N) is 1. The number of nitrogen functional groups attached to an aromatic ring is 1. The third kappa shape index (κ3) is 3.82. The molecule has 0 bridgehead atoms. The molecule has 0 aliphatic carbocycles. The van der Waals surface area contributed by atoms with Gasteiger partial charge in [0.2, 0.25) is 0 Å². The van der Waals surface area contributed by atoms with Gasteiger partial charge in [-0.1, -0.05) is 30.3 Å². The van der Waals surface area contributed by atoms with Crippen molar-refractivity contribution in [2.45, 2.75) is 13.3 Å². The van der Waals surface area contributed by atoms with Gasteiger partial charge in [0.15, 0.2) is 23.3 Å². The van der Waals surface area contributed by atoms with E-state index >= 15 is 0 Å². The van der Waals surface area contributed by atoms with Crippen molar-refractivity contribution >= 4 is 34.9 Å². The summed E-state index contributed by atoms with van der Waals surface area (Å²) in [7, 11) is 0. The molecule has 28 heavy (non-hydrogen) atoms. The van der Waals surface area contributed by atoms with Gasteiger partial charge in [-0.05, 0) is 47.9 Å². The number of rotatable bonds is 5. The number of nitrogens with zero attached hydrogens (tertiary/aromatic N) is 1. The Kier molecular flexibility index (Phi) is 5.61. The first-order chi connectivity index (χ1) is 13.3. The molecule has 0 aliphatic rings. The molecule has 3 rings (SSSR count). The van der Waals surface area contributed by atoms with Crippen molar-refractivity contribution in [3.05, 3.63) is 87.8 Å². The molecule has 0 amide bonds. The van der Waals surface area contributed by atoms with Crippen molar-refractivity contribution < 1.29 is 13.2 Å². The fraction of sp³-hybridized carbons (Fsp3) is 0.0952. The predicted molar refractivity (Wildman–Crippen MR) is 107 cm³/mol. The van der Waals surface area contributed by atoms with Crippen LogP contribution in [0.4, 0.5) is 30.4 Å². The summed E-state index contributed by atoms with van der Waals surface area (Å²) in [5, 5.41) is 3.19. The van der Waals surface area contributed by atoms with Crippen LogP contribution in [0.3, 0.4) is 0 Å². The van der Waals surface area contributed by atoms with E-state index in [-0.39, 0.29) is 29.1 Å². The van der Waals surface area contributed by atoms with E-state index in [0.717, 1.165) is 5.56 Å². The largest absolute Gasteiger partial charge is 0.381 e. The molecule has 144 valence electrons. The van der Waals surface area contributed by atoms with Crippen LogP contribution < -0.4 is 11.1 Å². The second kappa shape index (κ2) is 7.94. The van der Waals surface area contributed by atoms with E-state index in [1.165, 1.54) is 24.4 Å². The van der Waals surface area contributed by atoms with E-state index in [1.807, 2.05) is 6.92 Å². The molecule has 7 heteroatoms. The number of anilines is 3. The summed E-state index contributed by atoms with van der Waals surface area (Å²) in [5.41, 5.74) is 7.09. The topological polar surface area (TPSA) is 50.9 Å². The molecular weight excluding hydrogens is 387 g/mol. The Labute approximate surface area is 165 Å². The summed E-state index contributed by atoms with van der Waals surface area (Å²) in [4.78, 5) is 3.63. The quantitative estimate of drug-likeness (QED) is 0.547. The van der Waals surface area contributed by atoms with Gasteiger partial charge in [0.25, 0.3) is 0 Å². The number of pyridine rings is 1. The maximum absolute atomic E-state index is 14.8. The summed E-state index contributed by atoms with van der Waals surface area (Å²) in [6.07, 6.45) is 2.51. The molecule has 0 atom stereocenters. The Morgan fingerprint density at radius 2 is 1.86 bits per heavy atom. The van der Waals surface area contributed by atoms with Gasteiger partial charge in [0.1, 0.15) is 0 Å². The number of hydrogen-bond acceptors (Lipinski definition) is 3. The van der Waals surface area contributed by atoms with E-state index in [0.29, 0.717) is 16.3 Å². The summed E-state index contributed by atoms with van der Waals surface area (Å²) < 4.78 is 43.6.